The van der Waals surface area contributed by atoms with Crippen LogP contribution in [0, 0.1) is 15.9 Å². The molecule has 0 spiro atoms. The maximum absolute atomic E-state index is 13.5. The van der Waals surface area contributed by atoms with Gasteiger partial charge in [0.05, 0.1) is 17.1 Å². The molecule has 2 rings (SSSR count). The zero-order valence-corrected chi connectivity index (χ0v) is 11.4. The molecule has 2 atom stereocenters. The summed E-state index contributed by atoms with van der Waals surface area (Å²) in [6.07, 6.45) is 3.52. The molecule has 0 bridgehead atoms. The molecule has 0 aliphatic heterocycles. The van der Waals surface area contributed by atoms with Crippen LogP contribution in [-0.2, 0) is 0 Å². The van der Waals surface area contributed by atoms with Crippen molar-refractivity contribution >= 4 is 11.6 Å². The summed E-state index contributed by atoms with van der Waals surface area (Å²) in [5.41, 5.74) is -0.657. The van der Waals surface area contributed by atoms with Crippen LogP contribution in [-0.4, -0.2) is 28.1 Å². The average molecular weight is 296 g/mol. The van der Waals surface area contributed by atoms with Crippen molar-refractivity contribution in [3.05, 3.63) is 39.7 Å². The van der Waals surface area contributed by atoms with Crippen molar-refractivity contribution in [3.63, 3.8) is 0 Å². The number of aliphatic hydroxyl groups excluding tert-OH is 1. The van der Waals surface area contributed by atoms with E-state index in [0.717, 1.165) is 31.4 Å². The standard InChI is InChI=1S/C14H17FN2O4/c15-10-8-9(6-7-12(10)17(20)21)14(19)16-11-4-2-1-3-5-13(11)18/h6-8,11,13,18H,1-5H2,(H,16,19). The van der Waals surface area contributed by atoms with Gasteiger partial charge in [0.25, 0.3) is 5.91 Å². The fourth-order valence-corrected chi connectivity index (χ4v) is 2.50. The number of nitrogens with zero attached hydrogens (tertiary/aromatic N) is 1. The number of nitro groups is 1. The van der Waals surface area contributed by atoms with E-state index < -0.39 is 28.4 Å². The third-order valence-electron chi connectivity index (χ3n) is 3.70. The number of aliphatic hydroxyl groups is 1. The van der Waals surface area contributed by atoms with E-state index in [1.807, 2.05) is 0 Å². The molecule has 114 valence electrons. The van der Waals surface area contributed by atoms with Crippen molar-refractivity contribution in [2.75, 3.05) is 0 Å². The molecule has 2 N–H and O–H groups in total. The number of benzene rings is 1. The minimum absolute atomic E-state index is 0.00884. The van der Waals surface area contributed by atoms with E-state index in [0.29, 0.717) is 12.8 Å². The second-order valence-electron chi connectivity index (χ2n) is 5.21. The van der Waals surface area contributed by atoms with Crippen LogP contribution in [0.1, 0.15) is 42.5 Å². The van der Waals surface area contributed by atoms with Gasteiger partial charge in [0.1, 0.15) is 0 Å². The molecule has 1 aliphatic carbocycles. The minimum Gasteiger partial charge on any atom is -0.391 e. The number of hydrogen-bond donors (Lipinski definition) is 2. The fraction of sp³-hybridized carbons (Fsp3) is 0.500. The van der Waals surface area contributed by atoms with Gasteiger partial charge in [-0.15, -0.1) is 0 Å². The molecular weight excluding hydrogens is 279 g/mol. The van der Waals surface area contributed by atoms with E-state index in [1.165, 1.54) is 6.07 Å². The zero-order chi connectivity index (χ0) is 15.4. The smallest absolute Gasteiger partial charge is 0.304 e. The number of rotatable bonds is 3. The number of amides is 1. The Balaban J connectivity index is 2.09. The largest absolute Gasteiger partial charge is 0.391 e. The number of carbonyl (C=O) groups is 1. The van der Waals surface area contributed by atoms with Gasteiger partial charge in [0.2, 0.25) is 5.82 Å². The van der Waals surface area contributed by atoms with E-state index in [1.54, 1.807) is 0 Å². The molecule has 7 heteroatoms. The lowest BCUT2D eigenvalue weighted by Crippen LogP contribution is -2.42. The van der Waals surface area contributed by atoms with Gasteiger partial charge in [0, 0.05) is 11.6 Å². The van der Waals surface area contributed by atoms with Gasteiger partial charge in [-0.05, 0) is 25.0 Å². The summed E-state index contributed by atoms with van der Waals surface area (Å²) in [7, 11) is 0. The summed E-state index contributed by atoms with van der Waals surface area (Å²) < 4.78 is 13.5. The Morgan fingerprint density at radius 1 is 1.33 bits per heavy atom. The van der Waals surface area contributed by atoms with Crippen LogP contribution in [0.25, 0.3) is 0 Å². The molecule has 0 aromatic heterocycles. The van der Waals surface area contributed by atoms with Crippen LogP contribution < -0.4 is 5.32 Å². The molecule has 2 unspecified atom stereocenters. The Labute approximate surface area is 121 Å². The molecule has 1 aromatic rings. The molecule has 1 fully saturated rings. The SMILES string of the molecule is O=C(NC1CCCCCC1O)c1ccc([N+](=O)[O-])c(F)c1. The first-order valence-electron chi connectivity index (χ1n) is 6.92. The first kappa shape index (κ1) is 15.4. The molecule has 1 aromatic carbocycles. The fourth-order valence-electron chi connectivity index (χ4n) is 2.50. The summed E-state index contributed by atoms with van der Waals surface area (Å²) in [6, 6.07) is 2.66. The van der Waals surface area contributed by atoms with Crippen LogP contribution in [0.2, 0.25) is 0 Å². The number of halogens is 1. The highest BCUT2D eigenvalue weighted by molar-refractivity contribution is 5.94. The van der Waals surface area contributed by atoms with E-state index >= 15 is 0 Å². The minimum atomic E-state index is -1.05. The van der Waals surface area contributed by atoms with Crippen LogP contribution in [0.15, 0.2) is 18.2 Å². The van der Waals surface area contributed by atoms with E-state index in [2.05, 4.69) is 5.32 Å². The van der Waals surface area contributed by atoms with Gasteiger partial charge < -0.3 is 10.4 Å². The van der Waals surface area contributed by atoms with Gasteiger partial charge in [-0.2, -0.15) is 4.39 Å². The Kier molecular flexibility index (Phi) is 4.85. The lowest BCUT2D eigenvalue weighted by Gasteiger charge is -2.21. The second-order valence-corrected chi connectivity index (χ2v) is 5.21. The van der Waals surface area contributed by atoms with Crippen molar-refractivity contribution in [2.45, 2.75) is 44.2 Å². The highest BCUT2D eigenvalue weighted by Gasteiger charge is 2.24. The van der Waals surface area contributed by atoms with Crippen LogP contribution in [0.3, 0.4) is 0 Å². The van der Waals surface area contributed by atoms with Crippen molar-refractivity contribution in [3.8, 4) is 0 Å². The Bertz CT molecular complexity index is 550. The molecule has 0 heterocycles. The van der Waals surface area contributed by atoms with E-state index in [4.69, 9.17) is 0 Å². The predicted molar refractivity (Wildman–Crippen MR) is 73.4 cm³/mol. The van der Waals surface area contributed by atoms with E-state index in [9.17, 15) is 24.4 Å². The zero-order valence-electron chi connectivity index (χ0n) is 11.4. The van der Waals surface area contributed by atoms with Crippen molar-refractivity contribution < 1.29 is 19.2 Å². The summed E-state index contributed by atoms with van der Waals surface area (Å²) >= 11 is 0. The van der Waals surface area contributed by atoms with E-state index in [-0.39, 0.29) is 11.6 Å². The summed E-state index contributed by atoms with van der Waals surface area (Å²) in [4.78, 5) is 21.7. The molecule has 6 nitrogen and oxygen atoms in total. The molecule has 21 heavy (non-hydrogen) atoms. The van der Waals surface area contributed by atoms with Crippen LogP contribution in [0.5, 0.6) is 0 Å². The average Bonchev–Trinajstić information content (AvgIpc) is 2.63. The molecule has 1 saturated carbocycles. The van der Waals surface area contributed by atoms with Crippen LogP contribution in [0.4, 0.5) is 10.1 Å². The molecule has 0 radical (unpaired) electrons. The lowest BCUT2D eigenvalue weighted by atomic mass is 10.1. The predicted octanol–water partition coefficient (Wildman–Crippen LogP) is 2.16. The van der Waals surface area contributed by atoms with Crippen LogP contribution >= 0.6 is 0 Å². The summed E-state index contributed by atoms with van der Waals surface area (Å²) in [6.45, 7) is 0. The van der Waals surface area contributed by atoms with Gasteiger partial charge >= 0.3 is 5.69 Å². The third-order valence-corrected chi connectivity index (χ3v) is 3.70. The van der Waals surface area contributed by atoms with Gasteiger partial charge in [-0.3, -0.25) is 14.9 Å². The maximum atomic E-state index is 13.5. The molecular formula is C14H17FN2O4. The molecule has 1 amide bonds. The first-order valence-corrected chi connectivity index (χ1v) is 6.92. The lowest BCUT2D eigenvalue weighted by molar-refractivity contribution is -0.387. The van der Waals surface area contributed by atoms with Crippen molar-refractivity contribution in [2.24, 2.45) is 0 Å². The number of carbonyl (C=O) groups excluding carboxylic acids is 1. The maximum Gasteiger partial charge on any atom is 0.304 e. The number of hydrogen-bond acceptors (Lipinski definition) is 4. The van der Waals surface area contributed by atoms with Crippen molar-refractivity contribution in [1.29, 1.82) is 0 Å². The Morgan fingerprint density at radius 3 is 2.71 bits per heavy atom. The highest BCUT2D eigenvalue weighted by atomic mass is 19.1. The van der Waals surface area contributed by atoms with Gasteiger partial charge in [-0.1, -0.05) is 19.3 Å². The Morgan fingerprint density at radius 2 is 2.05 bits per heavy atom. The normalized spacial score (nSPS) is 22.4. The summed E-state index contributed by atoms with van der Waals surface area (Å²) in [5.74, 6) is -1.58. The molecule has 0 saturated heterocycles. The third kappa shape index (κ3) is 3.75. The highest BCUT2D eigenvalue weighted by Crippen LogP contribution is 2.20. The number of nitrogens with one attached hydrogen (secondary N) is 1. The second kappa shape index (κ2) is 6.62. The topological polar surface area (TPSA) is 92.5 Å². The first-order chi connectivity index (χ1) is 9.99. The van der Waals surface area contributed by atoms with Gasteiger partial charge in [-0.25, -0.2) is 0 Å². The number of nitro benzene ring substituents is 1. The quantitative estimate of drug-likeness (QED) is 0.508. The Hall–Kier alpha value is -2.02. The summed E-state index contributed by atoms with van der Waals surface area (Å²) in [5, 5.41) is 23.1. The molecule has 1 aliphatic rings. The monoisotopic (exact) mass is 296 g/mol. The van der Waals surface area contributed by atoms with Gasteiger partial charge in [0.15, 0.2) is 0 Å². The van der Waals surface area contributed by atoms with Crippen molar-refractivity contribution in [1.82, 2.24) is 5.32 Å².